The summed E-state index contributed by atoms with van der Waals surface area (Å²) in [6.45, 7) is 0.321. The predicted molar refractivity (Wildman–Crippen MR) is 82.9 cm³/mol. The Morgan fingerprint density at radius 1 is 1.32 bits per heavy atom. The molecule has 2 aliphatic rings. The van der Waals surface area contributed by atoms with Crippen LogP contribution >= 0.6 is 0 Å². The van der Waals surface area contributed by atoms with Crippen LogP contribution in [0.5, 0.6) is 0 Å². The second-order valence-corrected chi connectivity index (χ2v) is 6.33. The second-order valence-electron chi connectivity index (χ2n) is 6.33. The molecule has 2 unspecified atom stereocenters. The molecule has 3 rings (SSSR count). The van der Waals surface area contributed by atoms with Crippen molar-refractivity contribution in [2.45, 2.75) is 50.0 Å². The van der Waals surface area contributed by atoms with Crippen LogP contribution in [0.2, 0.25) is 0 Å². The van der Waals surface area contributed by atoms with Crippen LogP contribution in [0.15, 0.2) is 24.3 Å². The number of rotatable bonds is 5. The lowest BCUT2D eigenvalue weighted by molar-refractivity contribution is -0.121. The molecule has 1 fully saturated rings. The lowest BCUT2D eigenvalue weighted by atomic mass is 9.79. The SMILES string of the molecule is O=C(O)NCCCC(=O)NC1CC12CCCc1ccccc12. The fraction of sp³-hybridized carbons (Fsp3) is 0.529. The standard InChI is InChI=1S/C17H22N2O3/c20-15(8-4-10-18-16(21)22)19-14-11-17(14)9-3-6-12-5-1-2-7-13(12)17/h1-2,5,7,14,18H,3-4,6,8-11H2,(H,19,20)(H,21,22). The monoisotopic (exact) mass is 302 g/mol. The van der Waals surface area contributed by atoms with Crippen molar-refractivity contribution in [3.8, 4) is 0 Å². The quantitative estimate of drug-likeness (QED) is 0.730. The zero-order valence-corrected chi connectivity index (χ0v) is 12.6. The van der Waals surface area contributed by atoms with Gasteiger partial charge in [0.05, 0.1) is 0 Å². The Hall–Kier alpha value is -2.04. The normalized spacial score (nSPS) is 25.4. The molecule has 0 saturated heterocycles. The molecule has 118 valence electrons. The van der Waals surface area contributed by atoms with E-state index >= 15 is 0 Å². The summed E-state index contributed by atoms with van der Waals surface area (Å²) < 4.78 is 0. The Morgan fingerprint density at radius 2 is 2.14 bits per heavy atom. The zero-order valence-electron chi connectivity index (χ0n) is 12.6. The Balaban J connectivity index is 1.52. The van der Waals surface area contributed by atoms with Gasteiger partial charge < -0.3 is 15.7 Å². The number of carbonyl (C=O) groups excluding carboxylic acids is 1. The van der Waals surface area contributed by atoms with E-state index in [0.717, 1.165) is 19.3 Å². The van der Waals surface area contributed by atoms with E-state index in [2.05, 4.69) is 34.9 Å². The van der Waals surface area contributed by atoms with Gasteiger partial charge in [0.15, 0.2) is 0 Å². The van der Waals surface area contributed by atoms with Gasteiger partial charge in [0.1, 0.15) is 0 Å². The summed E-state index contributed by atoms with van der Waals surface area (Å²) in [5, 5.41) is 13.9. The van der Waals surface area contributed by atoms with Crippen molar-refractivity contribution in [1.82, 2.24) is 10.6 Å². The van der Waals surface area contributed by atoms with Gasteiger partial charge in [-0.15, -0.1) is 0 Å². The first-order chi connectivity index (χ1) is 10.6. The van der Waals surface area contributed by atoms with Gasteiger partial charge in [0, 0.05) is 24.4 Å². The summed E-state index contributed by atoms with van der Waals surface area (Å²) in [5.41, 5.74) is 3.00. The molecule has 0 aromatic heterocycles. The minimum absolute atomic E-state index is 0.0251. The van der Waals surface area contributed by atoms with Crippen LogP contribution in [0.1, 0.15) is 43.2 Å². The molecule has 0 bridgehead atoms. The molecule has 1 spiro atoms. The van der Waals surface area contributed by atoms with Crippen molar-refractivity contribution in [3.05, 3.63) is 35.4 Å². The molecular weight excluding hydrogens is 280 g/mol. The largest absolute Gasteiger partial charge is 0.465 e. The first kappa shape index (κ1) is 14.9. The van der Waals surface area contributed by atoms with E-state index in [9.17, 15) is 9.59 Å². The fourth-order valence-electron chi connectivity index (χ4n) is 3.73. The number of hydrogen-bond acceptors (Lipinski definition) is 2. The van der Waals surface area contributed by atoms with Crippen molar-refractivity contribution >= 4 is 12.0 Å². The van der Waals surface area contributed by atoms with Gasteiger partial charge in [0.25, 0.3) is 0 Å². The zero-order chi connectivity index (χ0) is 15.6. The number of carboxylic acid groups (broad SMARTS) is 1. The van der Waals surface area contributed by atoms with Gasteiger partial charge in [-0.3, -0.25) is 4.79 Å². The molecule has 5 nitrogen and oxygen atoms in total. The third-order valence-electron chi connectivity index (χ3n) is 4.89. The van der Waals surface area contributed by atoms with E-state index in [1.807, 2.05) is 0 Å². The smallest absolute Gasteiger partial charge is 0.404 e. The molecule has 2 atom stereocenters. The van der Waals surface area contributed by atoms with Gasteiger partial charge in [-0.1, -0.05) is 24.3 Å². The first-order valence-corrected chi connectivity index (χ1v) is 7.96. The third kappa shape index (κ3) is 2.93. The number of carbonyl (C=O) groups is 2. The third-order valence-corrected chi connectivity index (χ3v) is 4.89. The summed E-state index contributed by atoms with van der Waals surface area (Å²) in [7, 11) is 0. The summed E-state index contributed by atoms with van der Waals surface area (Å²) in [4.78, 5) is 22.3. The lowest BCUT2D eigenvalue weighted by Gasteiger charge is -2.26. The van der Waals surface area contributed by atoms with Gasteiger partial charge in [0.2, 0.25) is 5.91 Å². The minimum atomic E-state index is -1.04. The number of nitrogens with one attached hydrogen (secondary N) is 2. The molecule has 2 aliphatic carbocycles. The second kappa shape index (κ2) is 5.99. The topological polar surface area (TPSA) is 78.4 Å². The Labute approximate surface area is 130 Å². The van der Waals surface area contributed by atoms with E-state index in [-0.39, 0.29) is 17.4 Å². The molecule has 1 aromatic carbocycles. The van der Waals surface area contributed by atoms with Crippen LogP contribution in [-0.4, -0.2) is 29.7 Å². The van der Waals surface area contributed by atoms with Crippen molar-refractivity contribution in [3.63, 3.8) is 0 Å². The maximum absolute atomic E-state index is 12.0. The van der Waals surface area contributed by atoms with Crippen molar-refractivity contribution < 1.29 is 14.7 Å². The number of benzene rings is 1. The fourth-order valence-corrected chi connectivity index (χ4v) is 3.73. The van der Waals surface area contributed by atoms with E-state index in [4.69, 9.17) is 5.11 Å². The first-order valence-electron chi connectivity index (χ1n) is 7.96. The Bertz CT molecular complexity index is 587. The number of hydrogen-bond donors (Lipinski definition) is 3. The molecule has 22 heavy (non-hydrogen) atoms. The summed E-state index contributed by atoms with van der Waals surface area (Å²) in [6, 6.07) is 8.82. The van der Waals surface area contributed by atoms with E-state index in [0.29, 0.717) is 19.4 Å². The van der Waals surface area contributed by atoms with Crippen molar-refractivity contribution in [2.24, 2.45) is 0 Å². The Morgan fingerprint density at radius 3 is 2.95 bits per heavy atom. The van der Waals surface area contributed by atoms with E-state index in [1.165, 1.54) is 17.5 Å². The molecule has 5 heteroatoms. The van der Waals surface area contributed by atoms with Gasteiger partial charge in [-0.2, -0.15) is 0 Å². The average molecular weight is 302 g/mol. The molecule has 0 radical (unpaired) electrons. The summed E-state index contributed by atoms with van der Waals surface area (Å²) >= 11 is 0. The summed E-state index contributed by atoms with van der Waals surface area (Å²) in [6.07, 6.45) is 4.37. The van der Waals surface area contributed by atoms with Gasteiger partial charge in [-0.05, 0) is 43.2 Å². The highest BCUT2D eigenvalue weighted by Gasteiger charge is 2.57. The van der Waals surface area contributed by atoms with Crippen molar-refractivity contribution in [2.75, 3.05) is 6.54 Å². The maximum Gasteiger partial charge on any atom is 0.404 e. The van der Waals surface area contributed by atoms with Gasteiger partial charge in [-0.25, -0.2) is 4.79 Å². The molecule has 1 saturated carbocycles. The minimum Gasteiger partial charge on any atom is -0.465 e. The molecule has 0 aliphatic heterocycles. The van der Waals surface area contributed by atoms with Crippen LogP contribution in [0, 0.1) is 0 Å². The maximum atomic E-state index is 12.0. The highest BCUT2D eigenvalue weighted by atomic mass is 16.4. The van der Waals surface area contributed by atoms with E-state index in [1.54, 1.807) is 0 Å². The molecule has 0 heterocycles. The van der Waals surface area contributed by atoms with E-state index < -0.39 is 6.09 Å². The highest BCUT2D eigenvalue weighted by molar-refractivity contribution is 5.77. The van der Waals surface area contributed by atoms with Crippen LogP contribution < -0.4 is 10.6 Å². The predicted octanol–water partition coefficient (Wildman–Crippen LogP) is 2.20. The highest BCUT2D eigenvalue weighted by Crippen LogP contribution is 2.55. The molecular formula is C17H22N2O3. The number of aryl methyl sites for hydroxylation is 1. The van der Waals surface area contributed by atoms with Crippen molar-refractivity contribution in [1.29, 1.82) is 0 Å². The average Bonchev–Trinajstić information content (AvgIpc) is 3.17. The van der Waals surface area contributed by atoms with Crippen LogP contribution in [0.4, 0.5) is 4.79 Å². The Kier molecular flexibility index (Phi) is 4.05. The molecule has 1 aromatic rings. The summed E-state index contributed by atoms with van der Waals surface area (Å²) in [5.74, 6) is 0.0251. The lowest BCUT2D eigenvalue weighted by Crippen LogP contribution is -2.33. The van der Waals surface area contributed by atoms with Crippen LogP contribution in [0.3, 0.4) is 0 Å². The number of fused-ring (bicyclic) bond motifs is 2. The van der Waals surface area contributed by atoms with Gasteiger partial charge >= 0.3 is 6.09 Å². The van der Waals surface area contributed by atoms with Crippen LogP contribution in [-0.2, 0) is 16.6 Å². The van der Waals surface area contributed by atoms with Crippen LogP contribution in [0.25, 0.3) is 0 Å². The molecule has 2 amide bonds. The number of amides is 2. The molecule has 3 N–H and O–H groups in total.